The SMILES string of the molecule is CCCNCc1ccc(N(CCO)C2CC2)nc1. The lowest BCUT2D eigenvalue weighted by molar-refractivity contribution is 0.301. The van der Waals surface area contributed by atoms with Crippen LogP contribution in [0, 0.1) is 0 Å². The molecule has 0 amide bonds. The normalized spacial score (nSPS) is 14.8. The van der Waals surface area contributed by atoms with Gasteiger partial charge in [0, 0.05) is 25.3 Å². The quantitative estimate of drug-likeness (QED) is 0.686. The van der Waals surface area contributed by atoms with E-state index in [1.54, 1.807) is 0 Å². The predicted molar refractivity (Wildman–Crippen MR) is 73.7 cm³/mol. The van der Waals surface area contributed by atoms with Gasteiger partial charge in [-0.05, 0) is 37.4 Å². The molecule has 1 aliphatic rings. The third-order valence-electron chi connectivity index (χ3n) is 3.19. The number of anilines is 1. The second-order valence-electron chi connectivity index (χ2n) is 4.85. The van der Waals surface area contributed by atoms with E-state index in [0.717, 1.165) is 25.3 Å². The topological polar surface area (TPSA) is 48.4 Å². The predicted octanol–water partition coefficient (Wildman–Crippen LogP) is 1.54. The summed E-state index contributed by atoms with van der Waals surface area (Å²) in [6, 6.07) is 4.78. The molecule has 1 aliphatic carbocycles. The van der Waals surface area contributed by atoms with E-state index in [0.29, 0.717) is 12.6 Å². The van der Waals surface area contributed by atoms with Gasteiger partial charge in [-0.25, -0.2) is 4.98 Å². The lowest BCUT2D eigenvalue weighted by Gasteiger charge is -2.22. The van der Waals surface area contributed by atoms with Crippen LogP contribution in [0.5, 0.6) is 0 Å². The second kappa shape index (κ2) is 6.71. The van der Waals surface area contributed by atoms with Crippen LogP contribution in [0.2, 0.25) is 0 Å². The van der Waals surface area contributed by atoms with Crippen LogP contribution in [0.15, 0.2) is 18.3 Å². The van der Waals surface area contributed by atoms with Gasteiger partial charge in [0.05, 0.1) is 6.61 Å². The number of hydrogen-bond donors (Lipinski definition) is 2. The van der Waals surface area contributed by atoms with Crippen molar-refractivity contribution in [2.24, 2.45) is 0 Å². The Morgan fingerprint density at radius 2 is 2.28 bits per heavy atom. The zero-order valence-electron chi connectivity index (χ0n) is 11.1. The fraction of sp³-hybridized carbons (Fsp3) is 0.643. The number of aromatic nitrogens is 1. The van der Waals surface area contributed by atoms with E-state index in [1.165, 1.54) is 18.4 Å². The van der Waals surface area contributed by atoms with Crippen molar-refractivity contribution in [3.8, 4) is 0 Å². The summed E-state index contributed by atoms with van der Waals surface area (Å²) in [5.74, 6) is 0.991. The van der Waals surface area contributed by atoms with Gasteiger partial charge in [0.25, 0.3) is 0 Å². The number of aliphatic hydroxyl groups is 1. The molecule has 1 aromatic rings. The Labute approximate surface area is 109 Å². The zero-order valence-corrected chi connectivity index (χ0v) is 11.1. The Hall–Kier alpha value is -1.13. The lowest BCUT2D eigenvalue weighted by atomic mass is 10.2. The van der Waals surface area contributed by atoms with E-state index >= 15 is 0 Å². The summed E-state index contributed by atoms with van der Waals surface area (Å²) in [6.45, 7) is 4.96. The summed E-state index contributed by atoms with van der Waals surface area (Å²) in [4.78, 5) is 6.72. The first-order valence-corrected chi connectivity index (χ1v) is 6.88. The van der Waals surface area contributed by atoms with E-state index in [1.807, 2.05) is 6.20 Å². The first-order chi connectivity index (χ1) is 8.85. The zero-order chi connectivity index (χ0) is 12.8. The minimum absolute atomic E-state index is 0.192. The monoisotopic (exact) mass is 249 g/mol. The Bertz CT molecular complexity index is 349. The van der Waals surface area contributed by atoms with Crippen molar-refractivity contribution in [1.82, 2.24) is 10.3 Å². The highest BCUT2D eigenvalue weighted by molar-refractivity contribution is 5.42. The van der Waals surface area contributed by atoms with Crippen molar-refractivity contribution >= 4 is 5.82 Å². The van der Waals surface area contributed by atoms with Gasteiger partial charge in [0.15, 0.2) is 0 Å². The highest BCUT2D eigenvalue weighted by Crippen LogP contribution is 2.30. The van der Waals surface area contributed by atoms with Crippen molar-refractivity contribution in [3.63, 3.8) is 0 Å². The van der Waals surface area contributed by atoms with Crippen LogP contribution >= 0.6 is 0 Å². The molecule has 100 valence electrons. The van der Waals surface area contributed by atoms with Gasteiger partial charge in [-0.15, -0.1) is 0 Å². The molecule has 0 unspecified atom stereocenters. The molecule has 0 bridgehead atoms. The summed E-state index contributed by atoms with van der Waals surface area (Å²) in [5.41, 5.74) is 1.21. The van der Waals surface area contributed by atoms with Gasteiger partial charge in [-0.3, -0.25) is 0 Å². The van der Waals surface area contributed by atoms with E-state index < -0.39 is 0 Å². The van der Waals surface area contributed by atoms with Crippen molar-refractivity contribution in [3.05, 3.63) is 23.9 Å². The fourth-order valence-corrected chi connectivity index (χ4v) is 2.08. The number of rotatable bonds is 8. The van der Waals surface area contributed by atoms with E-state index in [4.69, 9.17) is 5.11 Å². The lowest BCUT2D eigenvalue weighted by Crippen LogP contribution is -2.29. The van der Waals surface area contributed by atoms with Crippen molar-refractivity contribution < 1.29 is 5.11 Å². The second-order valence-corrected chi connectivity index (χ2v) is 4.85. The number of hydrogen-bond acceptors (Lipinski definition) is 4. The molecule has 0 aliphatic heterocycles. The Morgan fingerprint density at radius 3 is 2.83 bits per heavy atom. The molecule has 1 fully saturated rings. The Kier molecular flexibility index (Phi) is 4.96. The van der Waals surface area contributed by atoms with E-state index in [9.17, 15) is 0 Å². The highest BCUT2D eigenvalue weighted by atomic mass is 16.3. The minimum atomic E-state index is 0.192. The fourth-order valence-electron chi connectivity index (χ4n) is 2.08. The molecule has 2 rings (SSSR count). The van der Waals surface area contributed by atoms with Crippen LogP contribution in [0.3, 0.4) is 0 Å². The van der Waals surface area contributed by atoms with Crippen LogP contribution in [0.1, 0.15) is 31.7 Å². The third kappa shape index (κ3) is 3.68. The van der Waals surface area contributed by atoms with Crippen molar-refractivity contribution in [2.75, 3.05) is 24.6 Å². The molecule has 18 heavy (non-hydrogen) atoms. The van der Waals surface area contributed by atoms with Crippen LogP contribution in [-0.4, -0.2) is 35.8 Å². The standard InChI is InChI=1S/C14H23N3O/c1-2-7-15-10-12-3-6-14(16-11-12)17(8-9-18)13-4-5-13/h3,6,11,13,15,18H,2,4-5,7-10H2,1H3. The molecule has 1 aromatic heterocycles. The summed E-state index contributed by atoms with van der Waals surface area (Å²) in [5, 5.41) is 12.5. The number of pyridine rings is 1. The van der Waals surface area contributed by atoms with Crippen LogP contribution in [0.4, 0.5) is 5.82 Å². The van der Waals surface area contributed by atoms with Crippen LogP contribution in [-0.2, 0) is 6.54 Å². The van der Waals surface area contributed by atoms with Gasteiger partial charge < -0.3 is 15.3 Å². The van der Waals surface area contributed by atoms with Gasteiger partial charge >= 0.3 is 0 Å². The van der Waals surface area contributed by atoms with Crippen molar-refractivity contribution in [2.45, 2.75) is 38.8 Å². The Balaban J connectivity index is 1.92. The first kappa shape index (κ1) is 13.3. The summed E-state index contributed by atoms with van der Waals surface area (Å²) in [6.07, 6.45) is 5.53. The minimum Gasteiger partial charge on any atom is -0.395 e. The molecule has 0 saturated heterocycles. The van der Waals surface area contributed by atoms with E-state index in [2.05, 4.69) is 34.3 Å². The molecular formula is C14H23N3O. The number of aliphatic hydroxyl groups excluding tert-OH is 1. The highest BCUT2D eigenvalue weighted by Gasteiger charge is 2.29. The van der Waals surface area contributed by atoms with Crippen LogP contribution < -0.4 is 10.2 Å². The molecule has 0 atom stereocenters. The van der Waals surface area contributed by atoms with Crippen molar-refractivity contribution in [1.29, 1.82) is 0 Å². The maximum Gasteiger partial charge on any atom is 0.128 e. The molecule has 0 radical (unpaired) electrons. The summed E-state index contributed by atoms with van der Waals surface area (Å²) >= 11 is 0. The molecule has 0 spiro atoms. The molecule has 1 saturated carbocycles. The molecule has 1 heterocycles. The summed E-state index contributed by atoms with van der Waals surface area (Å²) < 4.78 is 0. The van der Waals surface area contributed by atoms with Gasteiger partial charge in [-0.1, -0.05) is 13.0 Å². The van der Waals surface area contributed by atoms with Gasteiger partial charge in [0.1, 0.15) is 5.82 Å². The van der Waals surface area contributed by atoms with Gasteiger partial charge in [-0.2, -0.15) is 0 Å². The molecule has 2 N–H and O–H groups in total. The third-order valence-corrected chi connectivity index (χ3v) is 3.19. The number of nitrogens with one attached hydrogen (secondary N) is 1. The van der Waals surface area contributed by atoms with Gasteiger partial charge in [0.2, 0.25) is 0 Å². The number of nitrogens with zero attached hydrogens (tertiary/aromatic N) is 2. The maximum atomic E-state index is 9.09. The van der Waals surface area contributed by atoms with Crippen LogP contribution in [0.25, 0.3) is 0 Å². The molecular weight excluding hydrogens is 226 g/mol. The molecule has 0 aromatic carbocycles. The smallest absolute Gasteiger partial charge is 0.128 e. The first-order valence-electron chi connectivity index (χ1n) is 6.88. The summed E-state index contributed by atoms with van der Waals surface area (Å²) in [7, 11) is 0. The Morgan fingerprint density at radius 1 is 1.44 bits per heavy atom. The molecule has 4 nitrogen and oxygen atoms in total. The largest absolute Gasteiger partial charge is 0.395 e. The average Bonchev–Trinajstić information content (AvgIpc) is 3.22. The maximum absolute atomic E-state index is 9.09. The van der Waals surface area contributed by atoms with E-state index in [-0.39, 0.29) is 6.61 Å². The average molecular weight is 249 g/mol. The molecule has 4 heteroatoms.